The fourth-order valence-corrected chi connectivity index (χ4v) is 1.29. The van der Waals surface area contributed by atoms with Gasteiger partial charge in [0.1, 0.15) is 6.04 Å². The van der Waals surface area contributed by atoms with E-state index in [1.807, 2.05) is 20.8 Å². The van der Waals surface area contributed by atoms with Gasteiger partial charge in [0.15, 0.2) is 0 Å². The van der Waals surface area contributed by atoms with E-state index in [1.54, 1.807) is 6.07 Å². The first kappa shape index (κ1) is 13.2. The SMILES string of the molecule is CCOc1ccnc(NC(C(=O)O)C(C)C)n1. The third kappa shape index (κ3) is 3.90. The maximum Gasteiger partial charge on any atom is 0.326 e. The molecule has 0 aromatic carbocycles. The Morgan fingerprint density at radius 3 is 2.82 bits per heavy atom. The second-order valence-electron chi connectivity index (χ2n) is 3.86. The molecular formula is C11H17N3O3. The lowest BCUT2D eigenvalue weighted by molar-refractivity contribution is -0.138. The molecule has 1 unspecified atom stereocenters. The first-order valence-electron chi connectivity index (χ1n) is 5.49. The van der Waals surface area contributed by atoms with Crippen molar-refractivity contribution in [3.05, 3.63) is 12.3 Å². The Morgan fingerprint density at radius 2 is 2.29 bits per heavy atom. The standard InChI is InChI=1S/C11H17N3O3/c1-4-17-8-5-6-12-11(13-8)14-9(7(2)3)10(15)16/h5-7,9H,4H2,1-3H3,(H,15,16)(H,12,13,14). The highest BCUT2D eigenvalue weighted by molar-refractivity contribution is 5.76. The summed E-state index contributed by atoms with van der Waals surface area (Å²) < 4.78 is 5.21. The molecule has 0 aliphatic heterocycles. The molecule has 1 atom stereocenters. The molecular weight excluding hydrogens is 222 g/mol. The number of rotatable bonds is 6. The monoisotopic (exact) mass is 239 g/mol. The number of carboxylic acids is 1. The molecule has 0 saturated heterocycles. The summed E-state index contributed by atoms with van der Waals surface area (Å²) in [4.78, 5) is 19.0. The molecule has 0 fully saturated rings. The van der Waals surface area contributed by atoms with Crippen LogP contribution in [-0.4, -0.2) is 33.7 Å². The zero-order chi connectivity index (χ0) is 12.8. The van der Waals surface area contributed by atoms with E-state index in [4.69, 9.17) is 9.84 Å². The lowest BCUT2D eigenvalue weighted by atomic mass is 10.1. The van der Waals surface area contributed by atoms with Crippen molar-refractivity contribution >= 4 is 11.9 Å². The smallest absolute Gasteiger partial charge is 0.326 e. The Hall–Kier alpha value is -1.85. The third-order valence-corrected chi connectivity index (χ3v) is 2.14. The fraction of sp³-hybridized carbons (Fsp3) is 0.545. The summed E-state index contributed by atoms with van der Waals surface area (Å²) in [5.74, 6) is -0.299. The first-order valence-corrected chi connectivity index (χ1v) is 5.49. The molecule has 2 N–H and O–H groups in total. The van der Waals surface area contributed by atoms with E-state index in [-0.39, 0.29) is 11.9 Å². The van der Waals surface area contributed by atoms with Gasteiger partial charge < -0.3 is 15.2 Å². The summed E-state index contributed by atoms with van der Waals surface area (Å²) >= 11 is 0. The van der Waals surface area contributed by atoms with Crippen molar-refractivity contribution in [1.82, 2.24) is 9.97 Å². The van der Waals surface area contributed by atoms with Crippen molar-refractivity contribution < 1.29 is 14.6 Å². The zero-order valence-corrected chi connectivity index (χ0v) is 10.2. The molecule has 1 rings (SSSR count). The van der Waals surface area contributed by atoms with Gasteiger partial charge in [0, 0.05) is 12.3 Å². The average molecular weight is 239 g/mol. The van der Waals surface area contributed by atoms with Gasteiger partial charge in [-0.15, -0.1) is 0 Å². The lowest BCUT2D eigenvalue weighted by Crippen LogP contribution is -2.34. The second-order valence-corrected chi connectivity index (χ2v) is 3.86. The van der Waals surface area contributed by atoms with E-state index in [9.17, 15) is 4.79 Å². The van der Waals surface area contributed by atoms with Crippen LogP contribution in [0.2, 0.25) is 0 Å². The molecule has 0 spiro atoms. The minimum atomic E-state index is -0.926. The predicted molar refractivity (Wildman–Crippen MR) is 63.1 cm³/mol. The molecule has 0 aliphatic rings. The summed E-state index contributed by atoms with van der Waals surface area (Å²) in [5.41, 5.74) is 0. The average Bonchev–Trinajstić information content (AvgIpc) is 2.26. The number of nitrogens with one attached hydrogen (secondary N) is 1. The summed E-state index contributed by atoms with van der Waals surface area (Å²) in [5, 5.41) is 11.8. The van der Waals surface area contributed by atoms with Crippen molar-refractivity contribution in [2.24, 2.45) is 5.92 Å². The molecule has 0 radical (unpaired) electrons. The molecule has 0 bridgehead atoms. The van der Waals surface area contributed by atoms with Crippen LogP contribution < -0.4 is 10.1 Å². The van der Waals surface area contributed by atoms with Crippen LogP contribution in [0.25, 0.3) is 0 Å². The van der Waals surface area contributed by atoms with Crippen molar-refractivity contribution in [1.29, 1.82) is 0 Å². The molecule has 1 heterocycles. The highest BCUT2D eigenvalue weighted by Gasteiger charge is 2.22. The van der Waals surface area contributed by atoms with E-state index in [2.05, 4.69) is 15.3 Å². The van der Waals surface area contributed by atoms with Crippen LogP contribution in [0.15, 0.2) is 12.3 Å². The predicted octanol–water partition coefficient (Wildman–Crippen LogP) is 1.40. The minimum Gasteiger partial charge on any atom is -0.480 e. The highest BCUT2D eigenvalue weighted by atomic mass is 16.5. The zero-order valence-electron chi connectivity index (χ0n) is 10.2. The number of anilines is 1. The fourth-order valence-electron chi connectivity index (χ4n) is 1.29. The van der Waals surface area contributed by atoms with Gasteiger partial charge >= 0.3 is 5.97 Å². The molecule has 1 aromatic rings. The van der Waals surface area contributed by atoms with Gasteiger partial charge in [0.2, 0.25) is 11.8 Å². The number of ether oxygens (including phenoxy) is 1. The molecule has 1 aromatic heterocycles. The van der Waals surface area contributed by atoms with E-state index in [1.165, 1.54) is 6.20 Å². The number of hydrogen-bond donors (Lipinski definition) is 2. The van der Waals surface area contributed by atoms with E-state index in [0.717, 1.165) is 0 Å². The van der Waals surface area contributed by atoms with Crippen molar-refractivity contribution in [3.63, 3.8) is 0 Å². The molecule has 0 saturated carbocycles. The third-order valence-electron chi connectivity index (χ3n) is 2.14. The number of carbonyl (C=O) groups is 1. The van der Waals surface area contributed by atoms with Gasteiger partial charge in [-0.25, -0.2) is 9.78 Å². The number of carboxylic acid groups (broad SMARTS) is 1. The molecule has 6 heteroatoms. The molecule has 0 amide bonds. The van der Waals surface area contributed by atoms with E-state index >= 15 is 0 Å². The van der Waals surface area contributed by atoms with Gasteiger partial charge in [0.05, 0.1) is 6.61 Å². The maximum atomic E-state index is 11.0. The normalized spacial score (nSPS) is 12.2. The first-order chi connectivity index (χ1) is 8.04. The van der Waals surface area contributed by atoms with Gasteiger partial charge in [0.25, 0.3) is 0 Å². The van der Waals surface area contributed by atoms with Gasteiger partial charge in [-0.3, -0.25) is 0 Å². The van der Waals surface area contributed by atoms with E-state index in [0.29, 0.717) is 12.5 Å². The summed E-state index contributed by atoms with van der Waals surface area (Å²) in [6.45, 7) is 5.99. The molecule has 17 heavy (non-hydrogen) atoms. The Balaban J connectivity index is 2.78. The summed E-state index contributed by atoms with van der Waals surface area (Å²) in [6, 6.07) is 0.909. The van der Waals surface area contributed by atoms with Gasteiger partial charge in [-0.1, -0.05) is 13.8 Å². The summed E-state index contributed by atoms with van der Waals surface area (Å²) in [6.07, 6.45) is 1.53. The van der Waals surface area contributed by atoms with Crippen LogP contribution in [0.5, 0.6) is 5.88 Å². The highest BCUT2D eigenvalue weighted by Crippen LogP contribution is 2.12. The van der Waals surface area contributed by atoms with Crippen molar-refractivity contribution in [3.8, 4) is 5.88 Å². The molecule has 0 aliphatic carbocycles. The lowest BCUT2D eigenvalue weighted by Gasteiger charge is -2.17. The van der Waals surface area contributed by atoms with E-state index < -0.39 is 12.0 Å². The molecule has 94 valence electrons. The van der Waals surface area contributed by atoms with Crippen LogP contribution in [0.3, 0.4) is 0 Å². The Kier molecular flexibility index (Phi) is 4.68. The number of hydrogen-bond acceptors (Lipinski definition) is 5. The van der Waals surface area contributed by atoms with Crippen LogP contribution in [0.4, 0.5) is 5.95 Å². The second kappa shape index (κ2) is 6.03. The van der Waals surface area contributed by atoms with Crippen LogP contribution >= 0.6 is 0 Å². The topological polar surface area (TPSA) is 84.3 Å². The number of aromatic nitrogens is 2. The number of nitrogens with zero attached hydrogens (tertiary/aromatic N) is 2. The van der Waals surface area contributed by atoms with Crippen molar-refractivity contribution in [2.45, 2.75) is 26.8 Å². The quantitative estimate of drug-likeness (QED) is 0.780. The van der Waals surface area contributed by atoms with Gasteiger partial charge in [-0.2, -0.15) is 4.98 Å². The van der Waals surface area contributed by atoms with Crippen molar-refractivity contribution in [2.75, 3.05) is 11.9 Å². The van der Waals surface area contributed by atoms with Crippen LogP contribution in [0, 0.1) is 5.92 Å². The van der Waals surface area contributed by atoms with Gasteiger partial charge in [-0.05, 0) is 12.8 Å². The largest absolute Gasteiger partial charge is 0.480 e. The maximum absolute atomic E-state index is 11.0. The number of aliphatic carboxylic acids is 1. The Bertz CT molecular complexity index is 382. The Labute approximate surface area is 100 Å². The summed E-state index contributed by atoms with van der Waals surface area (Å²) in [7, 11) is 0. The molecule has 6 nitrogen and oxygen atoms in total. The van der Waals surface area contributed by atoms with Crippen LogP contribution in [-0.2, 0) is 4.79 Å². The minimum absolute atomic E-state index is 0.0631. The van der Waals surface area contributed by atoms with Crippen LogP contribution in [0.1, 0.15) is 20.8 Å². The Morgan fingerprint density at radius 1 is 1.59 bits per heavy atom.